The van der Waals surface area contributed by atoms with Gasteiger partial charge in [0.05, 0.1) is 27.9 Å². The van der Waals surface area contributed by atoms with Gasteiger partial charge < -0.3 is 20.9 Å². The smallest absolute Gasteiger partial charge is 0.387 e. The third-order valence-electron chi connectivity index (χ3n) is 10.8. The van der Waals surface area contributed by atoms with Crippen molar-refractivity contribution in [3.8, 4) is 11.1 Å². The Labute approximate surface area is 326 Å². The van der Waals surface area contributed by atoms with Crippen molar-refractivity contribution in [2.24, 2.45) is 0 Å². The van der Waals surface area contributed by atoms with Crippen molar-refractivity contribution in [2.75, 3.05) is 18.9 Å². The van der Waals surface area contributed by atoms with E-state index < -0.39 is 41.3 Å². The summed E-state index contributed by atoms with van der Waals surface area (Å²) in [5.41, 5.74) is 1.29. The lowest BCUT2D eigenvalue weighted by Gasteiger charge is -2.29. The summed E-state index contributed by atoms with van der Waals surface area (Å²) < 4.78 is 58.3. The molecule has 298 valence electrons. The number of imide groups is 1. The molecule has 0 bridgehead atoms. The molecule has 2 aliphatic heterocycles. The number of carbonyl (C=O) groups excluding carboxylic acids is 5. The molecule has 1 aliphatic carbocycles. The summed E-state index contributed by atoms with van der Waals surface area (Å²) in [6.45, 7) is 0.610. The molecule has 1 saturated heterocycles. The van der Waals surface area contributed by atoms with Gasteiger partial charge in [0.25, 0.3) is 17.7 Å². The number of piperidine rings is 1. The first kappa shape index (κ1) is 39.4. The molecule has 0 radical (unpaired) electrons. The standard InChI is InChI=1S/C42H42F4N6O5/c1-47-37-29-19-28(32(42(44,45)46)20-34(29)49-21-30(37)39(55)50-25-12-13-25)24-11-14-27(33(43)18-24)38(54)48-17-6-4-2-3-5-8-23-9-7-10-26-31(23)22-52(41(26)57)35-15-16-36(53)51-40(35)56/h7,9-11,14,18-21,25,35H,2-6,8,12-13,15-17,22H2,1H3,(H,47,49)(H,48,54)(H,50,55)(H,51,53,56). The zero-order valence-corrected chi connectivity index (χ0v) is 31.3. The number of carbonyl (C=O) groups is 5. The summed E-state index contributed by atoms with van der Waals surface area (Å²) in [4.78, 5) is 68.5. The molecular formula is C42H42F4N6O5. The van der Waals surface area contributed by atoms with Crippen LogP contribution >= 0.6 is 0 Å². The molecule has 5 amide bonds. The third kappa shape index (κ3) is 8.47. The number of hydrogen-bond acceptors (Lipinski definition) is 7. The van der Waals surface area contributed by atoms with E-state index >= 15 is 4.39 Å². The Morgan fingerprint density at radius 2 is 1.68 bits per heavy atom. The number of hydrogen-bond donors (Lipinski definition) is 4. The van der Waals surface area contributed by atoms with Crippen LogP contribution in [0.4, 0.5) is 23.2 Å². The Kier molecular flexibility index (Phi) is 11.3. The van der Waals surface area contributed by atoms with Crippen molar-refractivity contribution < 1.29 is 41.5 Å². The van der Waals surface area contributed by atoms with Crippen molar-refractivity contribution in [3.63, 3.8) is 0 Å². The van der Waals surface area contributed by atoms with E-state index in [2.05, 4.69) is 26.3 Å². The minimum Gasteiger partial charge on any atom is -0.387 e. The van der Waals surface area contributed by atoms with Crippen molar-refractivity contribution in [2.45, 2.75) is 89.0 Å². The van der Waals surface area contributed by atoms with Crippen LogP contribution in [0.3, 0.4) is 0 Å². The lowest BCUT2D eigenvalue weighted by atomic mass is 9.94. The highest BCUT2D eigenvalue weighted by Gasteiger charge is 2.40. The number of pyridine rings is 1. The second kappa shape index (κ2) is 16.3. The Morgan fingerprint density at radius 1 is 0.912 bits per heavy atom. The first-order chi connectivity index (χ1) is 27.3. The lowest BCUT2D eigenvalue weighted by Crippen LogP contribution is -2.52. The van der Waals surface area contributed by atoms with Gasteiger partial charge in [0.15, 0.2) is 0 Å². The van der Waals surface area contributed by atoms with Crippen LogP contribution in [-0.4, -0.2) is 65.1 Å². The fraction of sp³-hybridized carbons (Fsp3) is 0.381. The van der Waals surface area contributed by atoms with E-state index in [0.717, 1.165) is 68.2 Å². The predicted molar refractivity (Wildman–Crippen MR) is 204 cm³/mol. The van der Waals surface area contributed by atoms with Crippen LogP contribution in [0.25, 0.3) is 22.0 Å². The van der Waals surface area contributed by atoms with E-state index in [1.54, 1.807) is 18.0 Å². The number of benzene rings is 3. The van der Waals surface area contributed by atoms with Gasteiger partial charge in [-0.2, -0.15) is 13.2 Å². The van der Waals surface area contributed by atoms with E-state index in [4.69, 9.17) is 0 Å². The number of nitrogens with one attached hydrogen (secondary N) is 4. The molecule has 1 saturated carbocycles. The Morgan fingerprint density at radius 3 is 2.40 bits per heavy atom. The molecule has 15 heteroatoms. The summed E-state index contributed by atoms with van der Waals surface area (Å²) in [5.74, 6) is -3.03. The van der Waals surface area contributed by atoms with Crippen LogP contribution in [0.5, 0.6) is 0 Å². The van der Waals surface area contributed by atoms with E-state index in [1.807, 2.05) is 12.1 Å². The van der Waals surface area contributed by atoms with Gasteiger partial charge in [-0.3, -0.25) is 34.3 Å². The summed E-state index contributed by atoms with van der Waals surface area (Å²) in [6.07, 6.45) is 3.46. The van der Waals surface area contributed by atoms with Gasteiger partial charge in [0, 0.05) is 49.7 Å². The number of aryl methyl sites for hydroxylation is 1. The highest BCUT2D eigenvalue weighted by molar-refractivity contribution is 6.08. The quantitative estimate of drug-likeness (QED) is 0.0634. The van der Waals surface area contributed by atoms with Crippen LogP contribution in [0.15, 0.2) is 54.7 Å². The number of anilines is 1. The van der Waals surface area contributed by atoms with Crippen LogP contribution in [0, 0.1) is 5.82 Å². The molecule has 3 aliphatic rings. The average Bonchev–Trinajstić information content (AvgIpc) is 3.94. The summed E-state index contributed by atoms with van der Waals surface area (Å²) >= 11 is 0. The number of aromatic nitrogens is 1. The van der Waals surface area contributed by atoms with Crippen molar-refractivity contribution >= 4 is 46.1 Å². The normalized spacial score (nSPS) is 16.8. The van der Waals surface area contributed by atoms with Crippen LogP contribution in [0.2, 0.25) is 0 Å². The molecule has 3 heterocycles. The van der Waals surface area contributed by atoms with Gasteiger partial charge in [0.2, 0.25) is 11.8 Å². The van der Waals surface area contributed by atoms with Gasteiger partial charge in [-0.05, 0) is 91.1 Å². The van der Waals surface area contributed by atoms with Crippen molar-refractivity contribution in [1.29, 1.82) is 0 Å². The van der Waals surface area contributed by atoms with Crippen LogP contribution < -0.4 is 21.3 Å². The molecule has 7 rings (SSSR count). The second-order valence-corrected chi connectivity index (χ2v) is 14.8. The molecule has 11 nitrogen and oxygen atoms in total. The van der Waals surface area contributed by atoms with E-state index in [9.17, 15) is 37.1 Å². The minimum absolute atomic E-state index is 0.00649. The van der Waals surface area contributed by atoms with Crippen LogP contribution in [-0.2, 0) is 28.7 Å². The van der Waals surface area contributed by atoms with Gasteiger partial charge in [-0.25, -0.2) is 4.39 Å². The Hall–Kier alpha value is -5.86. The van der Waals surface area contributed by atoms with Gasteiger partial charge >= 0.3 is 6.18 Å². The van der Waals surface area contributed by atoms with Gasteiger partial charge in [-0.15, -0.1) is 0 Å². The van der Waals surface area contributed by atoms with E-state index in [-0.39, 0.29) is 64.0 Å². The summed E-state index contributed by atoms with van der Waals surface area (Å²) in [6, 6.07) is 10.4. The molecule has 2 fully saturated rings. The van der Waals surface area contributed by atoms with Crippen LogP contribution in [0.1, 0.15) is 106 Å². The number of nitrogens with zero attached hydrogens (tertiary/aromatic N) is 2. The molecule has 1 unspecified atom stereocenters. The number of rotatable bonds is 14. The highest BCUT2D eigenvalue weighted by Crippen LogP contribution is 2.41. The molecule has 0 spiro atoms. The molecular weight excluding hydrogens is 744 g/mol. The Balaban J connectivity index is 0.921. The topological polar surface area (TPSA) is 150 Å². The largest absolute Gasteiger partial charge is 0.417 e. The minimum atomic E-state index is -4.80. The maximum absolute atomic E-state index is 15.4. The first-order valence-electron chi connectivity index (χ1n) is 19.2. The monoisotopic (exact) mass is 786 g/mol. The molecule has 1 aromatic heterocycles. The summed E-state index contributed by atoms with van der Waals surface area (Å²) in [7, 11) is 1.55. The van der Waals surface area contributed by atoms with Gasteiger partial charge in [-0.1, -0.05) is 37.5 Å². The third-order valence-corrected chi connectivity index (χ3v) is 10.8. The summed E-state index contributed by atoms with van der Waals surface area (Å²) in [5, 5.41) is 11.0. The first-order valence-corrected chi connectivity index (χ1v) is 19.2. The predicted octanol–water partition coefficient (Wildman–Crippen LogP) is 6.68. The average molecular weight is 787 g/mol. The highest BCUT2D eigenvalue weighted by atomic mass is 19.4. The fourth-order valence-electron chi connectivity index (χ4n) is 7.66. The number of fused-ring (bicyclic) bond motifs is 2. The SMILES string of the molecule is CNc1c(C(=O)NC2CC2)cnc2cc(C(F)(F)F)c(-c3ccc(C(=O)NCCCCCCCc4cccc5c4CN(C4CCC(=O)NC4=O)C5=O)c(F)c3)cc12. The van der Waals surface area contributed by atoms with E-state index in [1.165, 1.54) is 24.4 Å². The molecule has 57 heavy (non-hydrogen) atoms. The van der Waals surface area contributed by atoms with Crippen molar-refractivity contribution in [3.05, 3.63) is 93.9 Å². The molecule has 1 atom stereocenters. The van der Waals surface area contributed by atoms with Gasteiger partial charge in [0.1, 0.15) is 11.9 Å². The maximum atomic E-state index is 15.4. The molecule has 4 N–H and O–H groups in total. The number of alkyl halides is 3. The number of halogens is 4. The zero-order chi connectivity index (χ0) is 40.4. The molecule has 3 aromatic carbocycles. The number of unbranched alkanes of at least 4 members (excludes halogenated alkanes) is 4. The Bertz CT molecular complexity index is 2270. The second-order valence-electron chi connectivity index (χ2n) is 14.8. The lowest BCUT2D eigenvalue weighted by molar-refractivity contribution is -0.138. The molecule has 4 aromatic rings. The number of amides is 5. The maximum Gasteiger partial charge on any atom is 0.417 e. The fourth-order valence-corrected chi connectivity index (χ4v) is 7.66. The zero-order valence-electron chi connectivity index (χ0n) is 31.3. The van der Waals surface area contributed by atoms with Crippen molar-refractivity contribution in [1.82, 2.24) is 25.8 Å². The van der Waals surface area contributed by atoms with E-state index in [0.29, 0.717) is 30.6 Å².